The molecule has 0 saturated heterocycles. The van der Waals surface area contributed by atoms with E-state index in [1.165, 1.54) is 16.0 Å². The third-order valence-corrected chi connectivity index (χ3v) is 5.13. The minimum absolute atomic E-state index is 0.229. The van der Waals surface area contributed by atoms with Gasteiger partial charge in [-0.05, 0) is 30.7 Å². The van der Waals surface area contributed by atoms with Crippen LogP contribution in [0.1, 0.15) is 11.3 Å². The van der Waals surface area contributed by atoms with Crippen molar-refractivity contribution in [2.24, 2.45) is 0 Å². The molecule has 0 aliphatic carbocycles. The van der Waals surface area contributed by atoms with Crippen LogP contribution in [0, 0.1) is 6.92 Å². The molecular formula is C18H16N4O3S. The second kappa shape index (κ2) is 6.47. The molecule has 0 aliphatic heterocycles. The van der Waals surface area contributed by atoms with E-state index in [4.69, 9.17) is 9.47 Å². The first-order valence-corrected chi connectivity index (χ1v) is 8.76. The lowest BCUT2D eigenvalue weighted by atomic mass is 10.1. The summed E-state index contributed by atoms with van der Waals surface area (Å²) < 4.78 is 12.3. The molecule has 132 valence electrons. The first kappa shape index (κ1) is 16.6. The average Bonchev–Trinajstić information content (AvgIpc) is 3.01. The van der Waals surface area contributed by atoms with Gasteiger partial charge < -0.3 is 9.47 Å². The molecule has 4 rings (SSSR count). The highest BCUT2D eigenvalue weighted by atomic mass is 32.1. The molecule has 0 fully saturated rings. The standard InChI is InChI=1S/C18H16N4O3S/c1-10-7-11(9-24-2)14-15-16(26-17(14)19-10)18(23)22(21-20-15)12-5-4-6-13(8-12)25-3/h4-8H,9H2,1-3H3. The highest BCUT2D eigenvalue weighted by molar-refractivity contribution is 7.25. The Morgan fingerprint density at radius 2 is 2.08 bits per heavy atom. The summed E-state index contributed by atoms with van der Waals surface area (Å²) in [6.07, 6.45) is 0. The summed E-state index contributed by atoms with van der Waals surface area (Å²) in [5.74, 6) is 0.646. The van der Waals surface area contributed by atoms with Gasteiger partial charge in [0, 0.05) is 24.3 Å². The number of pyridine rings is 1. The molecule has 0 bridgehead atoms. The second-order valence-electron chi connectivity index (χ2n) is 5.82. The molecule has 0 atom stereocenters. The van der Waals surface area contributed by atoms with E-state index in [-0.39, 0.29) is 5.56 Å². The molecule has 3 heterocycles. The Kier molecular flexibility index (Phi) is 4.14. The van der Waals surface area contributed by atoms with Crippen molar-refractivity contribution in [2.45, 2.75) is 13.5 Å². The van der Waals surface area contributed by atoms with Crippen molar-refractivity contribution in [3.63, 3.8) is 0 Å². The van der Waals surface area contributed by atoms with E-state index in [0.717, 1.165) is 21.5 Å². The zero-order valence-electron chi connectivity index (χ0n) is 14.5. The number of benzene rings is 1. The van der Waals surface area contributed by atoms with Gasteiger partial charge in [-0.2, -0.15) is 4.68 Å². The molecule has 0 radical (unpaired) electrons. The summed E-state index contributed by atoms with van der Waals surface area (Å²) in [5, 5.41) is 9.29. The minimum atomic E-state index is -0.229. The lowest BCUT2D eigenvalue weighted by molar-refractivity contribution is 0.186. The quantitative estimate of drug-likeness (QED) is 0.551. The average molecular weight is 368 g/mol. The van der Waals surface area contributed by atoms with Gasteiger partial charge >= 0.3 is 0 Å². The maximum Gasteiger partial charge on any atom is 0.292 e. The zero-order chi connectivity index (χ0) is 18.3. The molecule has 1 aromatic carbocycles. The highest BCUT2D eigenvalue weighted by Crippen LogP contribution is 2.32. The maximum absolute atomic E-state index is 13.0. The van der Waals surface area contributed by atoms with E-state index in [0.29, 0.717) is 28.3 Å². The Balaban J connectivity index is 2.00. The second-order valence-corrected chi connectivity index (χ2v) is 6.82. The fourth-order valence-corrected chi connectivity index (χ4v) is 4.07. The van der Waals surface area contributed by atoms with Gasteiger partial charge in [-0.25, -0.2) is 4.98 Å². The molecule has 0 amide bonds. The predicted octanol–water partition coefficient (Wildman–Crippen LogP) is 2.85. The molecule has 0 aliphatic rings. The lowest BCUT2D eigenvalue weighted by Crippen LogP contribution is -2.21. The fourth-order valence-electron chi connectivity index (χ4n) is 2.94. The van der Waals surface area contributed by atoms with Crippen LogP contribution in [0.15, 0.2) is 35.1 Å². The number of hydrogen-bond donors (Lipinski definition) is 0. The Morgan fingerprint density at radius 3 is 2.85 bits per heavy atom. The molecule has 4 aromatic rings. The summed E-state index contributed by atoms with van der Waals surface area (Å²) in [6.45, 7) is 2.34. The summed E-state index contributed by atoms with van der Waals surface area (Å²) >= 11 is 1.33. The number of thiophene rings is 1. The van der Waals surface area contributed by atoms with Crippen LogP contribution >= 0.6 is 11.3 Å². The van der Waals surface area contributed by atoms with Gasteiger partial charge in [-0.15, -0.1) is 16.4 Å². The molecule has 8 heteroatoms. The zero-order valence-corrected chi connectivity index (χ0v) is 15.3. The van der Waals surface area contributed by atoms with Crippen molar-refractivity contribution in [3.05, 3.63) is 51.9 Å². The van der Waals surface area contributed by atoms with E-state index >= 15 is 0 Å². The Bertz CT molecular complexity index is 1180. The van der Waals surface area contributed by atoms with Gasteiger partial charge in [0.1, 0.15) is 20.8 Å². The third-order valence-electron chi connectivity index (χ3n) is 4.07. The minimum Gasteiger partial charge on any atom is -0.497 e. The van der Waals surface area contributed by atoms with Crippen LogP contribution in [0.25, 0.3) is 26.1 Å². The van der Waals surface area contributed by atoms with Crippen molar-refractivity contribution >= 4 is 31.8 Å². The monoisotopic (exact) mass is 368 g/mol. The van der Waals surface area contributed by atoms with Gasteiger partial charge in [-0.1, -0.05) is 11.3 Å². The molecule has 0 unspecified atom stereocenters. The summed E-state index contributed by atoms with van der Waals surface area (Å²) in [6, 6.07) is 9.10. The number of methoxy groups -OCH3 is 2. The molecule has 26 heavy (non-hydrogen) atoms. The molecule has 0 spiro atoms. The third kappa shape index (κ3) is 2.63. The van der Waals surface area contributed by atoms with Gasteiger partial charge in [0.05, 0.1) is 19.4 Å². The molecular weight excluding hydrogens is 352 g/mol. The normalized spacial score (nSPS) is 11.3. The van der Waals surface area contributed by atoms with Crippen molar-refractivity contribution in [1.29, 1.82) is 0 Å². The number of fused-ring (bicyclic) bond motifs is 3. The fraction of sp³-hybridized carbons (Fsp3) is 0.222. The largest absolute Gasteiger partial charge is 0.497 e. The summed E-state index contributed by atoms with van der Waals surface area (Å²) in [4.78, 5) is 18.3. The SMILES string of the molecule is COCc1cc(C)nc2sc3c(=O)n(-c4cccc(OC)c4)nnc3c12. The maximum atomic E-state index is 13.0. The van der Waals surface area contributed by atoms with Crippen molar-refractivity contribution < 1.29 is 9.47 Å². The Labute approximate surface area is 152 Å². The number of nitrogens with zero attached hydrogens (tertiary/aromatic N) is 4. The van der Waals surface area contributed by atoms with Gasteiger partial charge in [0.15, 0.2) is 0 Å². The number of aromatic nitrogens is 4. The van der Waals surface area contributed by atoms with Crippen LogP contribution in [-0.2, 0) is 11.3 Å². The number of hydrogen-bond acceptors (Lipinski definition) is 7. The topological polar surface area (TPSA) is 79.1 Å². The van der Waals surface area contributed by atoms with Crippen molar-refractivity contribution in [3.8, 4) is 11.4 Å². The molecule has 0 N–H and O–H groups in total. The van der Waals surface area contributed by atoms with Crippen LogP contribution in [0.5, 0.6) is 5.75 Å². The molecule has 7 nitrogen and oxygen atoms in total. The Hall–Kier alpha value is -2.84. The van der Waals surface area contributed by atoms with E-state index in [1.807, 2.05) is 19.1 Å². The smallest absolute Gasteiger partial charge is 0.292 e. The van der Waals surface area contributed by atoms with E-state index in [2.05, 4.69) is 15.3 Å². The van der Waals surface area contributed by atoms with E-state index in [9.17, 15) is 4.79 Å². The molecule has 3 aromatic heterocycles. The highest BCUT2D eigenvalue weighted by Gasteiger charge is 2.18. The van der Waals surface area contributed by atoms with E-state index < -0.39 is 0 Å². The Morgan fingerprint density at radius 1 is 1.23 bits per heavy atom. The van der Waals surface area contributed by atoms with Gasteiger partial charge in [-0.3, -0.25) is 4.79 Å². The molecule has 0 saturated carbocycles. The predicted molar refractivity (Wildman–Crippen MR) is 100 cm³/mol. The lowest BCUT2D eigenvalue weighted by Gasteiger charge is -2.06. The van der Waals surface area contributed by atoms with Crippen LogP contribution in [-0.4, -0.2) is 34.2 Å². The van der Waals surface area contributed by atoms with Gasteiger partial charge in [0.25, 0.3) is 5.56 Å². The van der Waals surface area contributed by atoms with E-state index in [1.54, 1.807) is 32.4 Å². The van der Waals surface area contributed by atoms with Crippen molar-refractivity contribution in [1.82, 2.24) is 20.0 Å². The number of ether oxygens (including phenoxy) is 2. The van der Waals surface area contributed by atoms with Crippen LogP contribution < -0.4 is 10.3 Å². The summed E-state index contributed by atoms with van der Waals surface area (Å²) in [5.41, 5.74) is 2.76. The van der Waals surface area contributed by atoms with Crippen LogP contribution in [0.4, 0.5) is 0 Å². The number of rotatable bonds is 4. The summed E-state index contributed by atoms with van der Waals surface area (Å²) in [7, 11) is 3.21. The van der Waals surface area contributed by atoms with Crippen LogP contribution in [0.3, 0.4) is 0 Å². The van der Waals surface area contributed by atoms with Crippen LogP contribution in [0.2, 0.25) is 0 Å². The first-order chi connectivity index (χ1) is 12.6. The number of aryl methyl sites for hydroxylation is 1. The van der Waals surface area contributed by atoms with Crippen molar-refractivity contribution in [2.75, 3.05) is 14.2 Å². The first-order valence-electron chi connectivity index (χ1n) is 7.94. The van der Waals surface area contributed by atoms with Gasteiger partial charge in [0.2, 0.25) is 0 Å².